The van der Waals surface area contributed by atoms with Crippen LogP contribution < -0.4 is 9.64 Å². The largest absolute Gasteiger partial charge is 0.496 e. The van der Waals surface area contributed by atoms with E-state index in [-0.39, 0.29) is 24.2 Å². The maximum atomic E-state index is 13.9. The first-order valence-corrected chi connectivity index (χ1v) is 12.8. The Morgan fingerprint density at radius 1 is 1.17 bits per heavy atom. The number of aromatic nitrogens is 3. The van der Waals surface area contributed by atoms with E-state index in [9.17, 15) is 9.59 Å². The molecule has 0 radical (unpaired) electrons. The summed E-state index contributed by atoms with van der Waals surface area (Å²) in [4.78, 5) is 41.3. The number of aryl methyl sites for hydroxylation is 1. The van der Waals surface area contributed by atoms with E-state index >= 15 is 0 Å². The third-order valence-electron chi connectivity index (χ3n) is 6.78. The molecular weight excluding hydrogens is 460 g/mol. The third-order valence-corrected chi connectivity index (χ3v) is 7.55. The molecule has 0 saturated heterocycles. The van der Waals surface area contributed by atoms with Gasteiger partial charge in [0.15, 0.2) is 10.9 Å². The van der Waals surface area contributed by atoms with Gasteiger partial charge in [-0.05, 0) is 49.6 Å². The predicted molar refractivity (Wildman–Crippen MR) is 137 cm³/mol. The molecule has 8 heteroatoms. The van der Waals surface area contributed by atoms with E-state index in [1.54, 1.807) is 43.9 Å². The van der Waals surface area contributed by atoms with Gasteiger partial charge in [-0.15, -0.1) is 11.3 Å². The lowest BCUT2D eigenvalue weighted by molar-refractivity contribution is -0.118. The highest BCUT2D eigenvalue weighted by Crippen LogP contribution is 2.36. The van der Waals surface area contributed by atoms with Crippen molar-refractivity contribution in [1.82, 2.24) is 15.0 Å². The number of nitrogens with zero attached hydrogens (tertiary/aromatic N) is 3. The van der Waals surface area contributed by atoms with E-state index in [2.05, 4.69) is 15.0 Å². The maximum Gasteiger partial charge on any atom is 0.233 e. The summed E-state index contributed by atoms with van der Waals surface area (Å²) < 4.78 is 5.61. The van der Waals surface area contributed by atoms with E-state index in [1.807, 2.05) is 23.3 Å². The lowest BCUT2D eigenvalue weighted by atomic mass is 9.93. The first-order chi connectivity index (χ1) is 17.1. The van der Waals surface area contributed by atoms with Crippen molar-refractivity contribution in [2.24, 2.45) is 0 Å². The monoisotopic (exact) mass is 488 g/mol. The van der Waals surface area contributed by atoms with Crippen LogP contribution in [0.3, 0.4) is 0 Å². The summed E-state index contributed by atoms with van der Waals surface area (Å²) in [6.45, 7) is 1.95. The zero-order valence-corrected chi connectivity index (χ0v) is 20.7. The summed E-state index contributed by atoms with van der Waals surface area (Å²) in [5, 5.41) is 3.38. The zero-order chi connectivity index (χ0) is 24.4. The minimum atomic E-state index is -0.183. The molecule has 4 aromatic rings. The van der Waals surface area contributed by atoms with Gasteiger partial charge in [-0.3, -0.25) is 19.5 Å². The molecule has 180 valence electrons. The number of carbonyl (C=O) groups excluding carboxylic acids is 2. The molecule has 35 heavy (non-hydrogen) atoms. The van der Waals surface area contributed by atoms with Crippen molar-refractivity contribution in [3.05, 3.63) is 70.6 Å². The van der Waals surface area contributed by atoms with Gasteiger partial charge in [0.1, 0.15) is 5.75 Å². The van der Waals surface area contributed by atoms with E-state index in [1.165, 1.54) is 17.8 Å². The van der Waals surface area contributed by atoms with E-state index in [0.29, 0.717) is 16.9 Å². The van der Waals surface area contributed by atoms with E-state index < -0.39 is 0 Å². The minimum absolute atomic E-state index is 0.00144. The topological polar surface area (TPSA) is 88.2 Å². The van der Waals surface area contributed by atoms with Crippen molar-refractivity contribution in [1.29, 1.82) is 0 Å². The first-order valence-electron chi connectivity index (χ1n) is 11.9. The number of thiazole rings is 1. The molecule has 1 saturated carbocycles. The number of benzene rings is 1. The Hall–Kier alpha value is -3.52. The molecule has 1 aliphatic carbocycles. The summed E-state index contributed by atoms with van der Waals surface area (Å²) in [5.41, 5.74) is 3.40. The number of hydrogen-bond donors (Lipinski definition) is 1. The molecule has 0 aliphatic heterocycles. The Bertz CT molecular complexity index is 1340. The van der Waals surface area contributed by atoms with Crippen LogP contribution in [0, 0.1) is 6.92 Å². The highest BCUT2D eigenvalue weighted by Gasteiger charge is 2.31. The van der Waals surface area contributed by atoms with Crippen molar-refractivity contribution < 1.29 is 14.3 Å². The smallest absolute Gasteiger partial charge is 0.233 e. The average molecular weight is 489 g/mol. The number of anilines is 1. The van der Waals surface area contributed by atoms with Crippen LogP contribution in [-0.2, 0) is 11.2 Å². The fourth-order valence-electron chi connectivity index (χ4n) is 5.10. The van der Waals surface area contributed by atoms with Crippen LogP contribution in [0.1, 0.15) is 59.3 Å². The second kappa shape index (κ2) is 10.00. The molecular formula is C27H28N4O3S. The first kappa shape index (κ1) is 23.2. The Morgan fingerprint density at radius 3 is 2.69 bits per heavy atom. The molecule has 0 atom stereocenters. The number of carbonyl (C=O) groups is 2. The van der Waals surface area contributed by atoms with Crippen LogP contribution in [0.5, 0.6) is 5.75 Å². The van der Waals surface area contributed by atoms with Crippen molar-refractivity contribution in [2.45, 2.75) is 51.5 Å². The summed E-state index contributed by atoms with van der Waals surface area (Å²) in [6, 6.07) is 7.32. The number of pyridine rings is 1. The average Bonchev–Trinajstić information content (AvgIpc) is 3.52. The van der Waals surface area contributed by atoms with Gasteiger partial charge in [-0.25, -0.2) is 4.98 Å². The fourth-order valence-corrected chi connectivity index (χ4v) is 5.83. The maximum absolute atomic E-state index is 13.9. The minimum Gasteiger partial charge on any atom is -0.496 e. The number of amides is 1. The number of rotatable bonds is 7. The van der Waals surface area contributed by atoms with E-state index in [0.717, 1.165) is 53.0 Å². The second-order valence-electron chi connectivity index (χ2n) is 8.91. The second-order valence-corrected chi connectivity index (χ2v) is 9.78. The van der Waals surface area contributed by atoms with Gasteiger partial charge in [0.2, 0.25) is 5.91 Å². The Morgan fingerprint density at radius 2 is 2.00 bits per heavy atom. The molecule has 1 amide bonds. The molecule has 1 aromatic carbocycles. The number of aromatic amines is 1. The Balaban J connectivity index is 1.59. The number of methoxy groups -OCH3 is 1. The molecule has 7 nitrogen and oxygen atoms in total. The molecule has 0 unspecified atom stereocenters. The number of H-pyrrole nitrogens is 1. The van der Waals surface area contributed by atoms with Crippen LogP contribution in [-0.4, -0.2) is 39.8 Å². The molecule has 3 aromatic heterocycles. The van der Waals surface area contributed by atoms with Crippen molar-refractivity contribution in [2.75, 3.05) is 12.0 Å². The van der Waals surface area contributed by atoms with Crippen LogP contribution in [0.4, 0.5) is 5.13 Å². The van der Waals surface area contributed by atoms with Crippen molar-refractivity contribution in [3.63, 3.8) is 0 Å². The van der Waals surface area contributed by atoms with Gasteiger partial charge in [0.25, 0.3) is 0 Å². The molecule has 5 rings (SSSR count). The van der Waals surface area contributed by atoms with E-state index in [4.69, 9.17) is 4.74 Å². The standard InChI is InChI=1S/C27H28N4O3S/c1-17-20(15-23(32)31(27-29-13-14-35-27)19-8-4-3-5-9-19)24-21(30-17)10-11-22(34-2)25(24)26(33)18-7-6-12-28-16-18/h6-7,10-14,16,19,30H,3-5,8-9,15H2,1-2H3. The van der Waals surface area contributed by atoms with Crippen molar-refractivity contribution in [3.8, 4) is 5.75 Å². The number of ether oxygens (including phenoxy) is 1. The number of ketones is 1. The van der Waals surface area contributed by atoms with Gasteiger partial charge < -0.3 is 9.72 Å². The van der Waals surface area contributed by atoms with Crippen LogP contribution >= 0.6 is 11.3 Å². The lowest BCUT2D eigenvalue weighted by Gasteiger charge is -2.32. The van der Waals surface area contributed by atoms with Gasteiger partial charge >= 0.3 is 0 Å². The van der Waals surface area contributed by atoms with Gasteiger partial charge in [0, 0.05) is 52.2 Å². The Kier molecular flexibility index (Phi) is 6.63. The van der Waals surface area contributed by atoms with Crippen LogP contribution in [0.25, 0.3) is 10.9 Å². The summed E-state index contributed by atoms with van der Waals surface area (Å²) in [6.07, 6.45) is 10.5. The molecule has 1 aliphatic rings. The van der Waals surface area contributed by atoms with Gasteiger partial charge in [-0.1, -0.05) is 19.3 Å². The third kappa shape index (κ3) is 4.46. The normalized spacial score (nSPS) is 14.2. The van der Waals surface area contributed by atoms with Crippen molar-refractivity contribution >= 4 is 39.1 Å². The van der Waals surface area contributed by atoms with Crippen LogP contribution in [0.2, 0.25) is 0 Å². The highest BCUT2D eigenvalue weighted by molar-refractivity contribution is 7.13. The molecule has 1 fully saturated rings. The van der Waals surface area contributed by atoms with Gasteiger partial charge in [0.05, 0.1) is 19.1 Å². The Labute approximate surface area is 208 Å². The molecule has 0 spiro atoms. The number of nitrogens with one attached hydrogen (secondary N) is 1. The zero-order valence-electron chi connectivity index (χ0n) is 19.9. The summed E-state index contributed by atoms with van der Waals surface area (Å²) in [5.74, 6) is 0.291. The number of fused-ring (bicyclic) bond motifs is 1. The van der Waals surface area contributed by atoms with Crippen LogP contribution in [0.15, 0.2) is 48.2 Å². The lowest BCUT2D eigenvalue weighted by Crippen LogP contribution is -2.42. The molecule has 3 heterocycles. The fraction of sp³-hybridized carbons (Fsp3) is 0.333. The molecule has 0 bridgehead atoms. The summed E-state index contributed by atoms with van der Waals surface area (Å²) in [7, 11) is 1.55. The number of hydrogen-bond acceptors (Lipinski definition) is 6. The summed E-state index contributed by atoms with van der Waals surface area (Å²) >= 11 is 1.49. The SMILES string of the molecule is COc1ccc2[nH]c(C)c(CC(=O)N(c3nccs3)C3CCCCC3)c2c1C(=O)c1cccnc1. The molecule has 1 N–H and O–H groups in total. The predicted octanol–water partition coefficient (Wildman–Crippen LogP) is 5.48. The quantitative estimate of drug-likeness (QED) is 0.348. The van der Waals surface area contributed by atoms with Gasteiger partial charge in [-0.2, -0.15) is 0 Å². The highest BCUT2D eigenvalue weighted by atomic mass is 32.1.